The molecule has 19 heteroatoms. The van der Waals surface area contributed by atoms with Gasteiger partial charge in [0.1, 0.15) is 5.75 Å². The van der Waals surface area contributed by atoms with E-state index in [1.807, 2.05) is 12.1 Å². The average Bonchev–Trinajstić information content (AvgIpc) is 3.79. The topological polar surface area (TPSA) is 192 Å². The number of fused-ring (bicyclic) bond motifs is 1. The number of nitrogens with zero attached hydrogens (tertiary/aromatic N) is 4. The van der Waals surface area contributed by atoms with E-state index in [9.17, 15) is 32.7 Å². The van der Waals surface area contributed by atoms with Crippen LogP contribution in [0.5, 0.6) is 11.8 Å². The maximum Gasteiger partial charge on any atom is 0.422 e. The summed E-state index contributed by atoms with van der Waals surface area (Å²) in [4.78, 5) is 54.5. The number of nitrogens with one attached hydrogen (secondary N) is 5. The summed E-state index contributed by atoms with van der Waals surface area (Å²) in [6.45, 7) is 2.20. The number of ether oxygens (including phenoxy) is 1. The molecule has 14 nitrogen and oxygen atoms in total. The van der Waals surface area contributed by atoms with Crippen molar-refractivity contribution >= 4 is 73.6 Å². The lowest BCUT2D eigenvalue weighted by atomic mass is 9.93. The van der Waals surface area contributed by atoms with Crippen LogP contribution in [0.3, 0.4) is 0 Å². The van der Waals surface area contributed by atoms with Crippen LogP contribution in [0.15, 0.2) is 66.7 Å². The van der Waals surface area contributed by atoms with Gasteiger partial charge in [0.15, 0.2) is 11.7 Å². The number of rotatable bonds is 13. The molecule has 1 saturated carbocycles. The minimum absolute atomic E-state index is 0.00245. The lowest BCUT2D eigenvalue weighted by Gasteiger charge is -2.25. The van der Waals surface area contributed by atoms with Crippen molar-refractivity contribution in [1.29, 1.82) is 0 Å². The number of amides is 3. The van der Waals surface area contributed by atoms with Crippen LogP contribution in [0.4, 0.5) is 35.9 Å². The Bertz CT molecular complexity index is 2180. The Kier molecular flexibility index (Phi) is 10.8. The van der Waals surface area contributed by atoms with E-state index in [-0.39, 0.29) is 35.9 Å². The van der Waals surface area contributed by atoms with E-state index in [2.05, 4.69) is 46.5 Å². The number of halogens is 4. The van der Waals surface area contributed by atoms with Crippen LogP contribution in [0, 0.1) is 5.41 Å². The van der Waals surface area contributed by atoms with E-state index in [0.29, 0.717) is 21.8 Å². The van der Waals surface area contributed by atoms with E-state index < -0.39 is 47.5 Å². The smallest absolute Gasteiger partial charge is 0.422 e. The maximum atomic E-state index is 13.0. The highest BCUT2D eigenvalue weighted by Crippen LogP contribution is 2.48. The second-order valence-corrected chi connectivity index (χ2v) is 14.7. The van der Waals surface area contributed by atoms with Gasteiger partial charge in [-0.1, -0.05) is 48.9 Å². The monoisotopic (exact) mass is 783 g/mol. The Balaban J connectivity index is 1.03. The third kappa shape index (κ3) is 10.0. The first-order valence-corrected chi connectivity index (χ1v) is 17.6. The fourth-order valence-corrected chi connectivity index (χ4v) is 6.08. The quantitative estimate of drug-likeness (QED) is 0.0752. The van der Waals surface area contributed by atoms with Crippen LogP contribution < -0.4 is 31.3 Å². The number of hydrogen-bond acceptors (Lipinski definition) is 12. The summed E-state index contributed by atoms with van der Waals surface area (Å²) in [6.07, 6.45) is -3.15. The van der Waals surface area contributed by atoms with Crippen LogP contribution in [0.2, 0.25) is 5.02 Å². The summed E-state index contributed by atoms with van der Waals surface area (Å²) in [5, 5.41) is 24.3. The molecule has 2 aromatic heterocycles. The van der Waals surface area contributed by atoms with E-state index in [4.69, 9.17) is 16.3 Å². The van der Waals surface area contributed by atoms with E-state index >= 15 is 0 Å². The molecule has 54 heavy (non-hydrogen) atoms. The first kappa shape index (κ1) is 38.0. The van der Waals surface area contributed by atoms with Crippen LogP contribution in [-0.2, 0) is 15.1 Å². The Morgan fingerprint density at radius 2 is 1.57 bits per heavy atom. The van der Waals surface area contributed by atoms with Gasteiger partial charge in [-0.2, -0.15) is 28.1 Å². The van der Waals surface area contributed by atoms with Gasteiger partial charge in [-0.05, 0) is 72.4 Å². The fourth-order valence-electron chi connectivity index (χ4n) is 5.11. The fraction of sp³-hybridized carbons (Fsp3) is 0.286. The standard InChI is InChI=1S/C35H33ClF3N9O5S/c1-33(2,17-41-27(51)28(52)44-32-43-24-15-23(49)11-12-25(24)54-32)16-40-26(50)19-3-9-22(10-4-19)42-29-45-30(47-31(46-29)53-18-35(37,38)39)48-34(13-14-34)20-5-7-21(36)8-6-20/h3-12,15,49H,13-14,16-18H2,1-2H3,(H,40,50)(H,41,51)(H,43,44,52)(H2,42,45,46,47,48). The molecule has 5 aromatic rings. The number of phenolic OH excluding ortho intramolecular Hbond substituents is 1. The molecule has 0 bridgehead atoms. The molecule has 282 valence electrons. The Morgan fingerprint density at radius 1 is 0.889 bits per heavy atom. The molecule has 0 spiro atoms. The second-order valence-electron chi connectivity index (χ2n) is 13.2. The van der Waals surface area contributed by atoms with Crippen LogP contribution in [0.1, 0.15) is 42.6 Å². The zero-order chi connectivity index (χ0) is 38.7. The molecular weight excluding hydrogens is 751 g/mol. The zero-order valence-electron chi connectivity index (χ0n) is 28.7. The van der Waals surface area contributed by atoms with E-state index in [1.165, 1.54) is 24.3 Å². The molecule has 1 aliphatic carbocycles. The summed E-state index contributed by atoms with van der Waals surface area (Å²) in [6, 6.07) is 17.4. The molecule has 3 amide bonds. The summed E-state index contributed by atoms with van der Waals surface area (Å²) in [7, 11) is 0. The van der Waals surface area contributed by atoms with Crippen molar-refractivity contribution in [3.8, 4) is 11.8 Å². The highest BCUT2D eigenvalue weighted by atomic mass is 35.5. The molecule has 2 heterocycles. The van der Waals surface area contributed by atoms with Gasteiger partial charge in [0.2, 0.25) is 11.9 Å². The molecule has 0 unspecified atom stereocenters. The van der Waals surface area contributed by atoms with E-state index in [0.717, 1.165) is 34.4 Å². The lowest BCUT2D eigenvalue weighted by molar-refractivity contribution is -0.154. The predicted molar refractivity (Wildman–Crippen MR) is 196 cm³/mol. The first-order chi connectivity index (χ1) is 25.5. The number of phenols is 1. The van der Waals surface area contributed by atoms with Gasteiger partial charge in [-0.25, -0.2) is 4.98 Å². The zero-order valence-corrected chi connectivity index (χ0v) is 30.2. The van der Waals surface area contributed by atoms with Gasteiger partial charge in [-0.3, -0.25) is 19.7 Å². The highest BCUT2D eigenvalue weighted by Gasteiger charge is 2.45. The largest absolute Gasteiger partial charge is 0.508 e. The number of carbonyl (C=O) groups is 3. The Labute approximate surface area is 314 Å². The number of thiazole rings is 1. The van der Waals surface area contributed by atoms with Crippen molar-refractivity contribution in [2.75, 3.05) is 35.6 Å². The summed E-state index contributed by atoms with van der Waals surface area (Å²) < 4.78 is 44.4. The molecule has 0 saturated heterocycles. The number of aromatic hydroxyl groups is 1. The van der Waals surface area contributed by atoms with Gasteiger partial charge in [0.05, 0.1) is 15.8 Å². The first-order valence-electron chi connectivity index (χ1n) is 16.4. The van der Waals surface area contributed by atoms with Gasteiger partial charge in [0, 0.05) is 35.4 Å². The van der Waals surface area contributed by atoms with Crippen molar-refractivity contribution in [1.82, 2.24) is 30.6 Å². The summed E-state index contributed by atoms with van der Waals surface area (Å²) in [5.74, 6) is -2.26. The van der Waals surface area contributed by atoms with Gasteiger partial charge >= 0.3 is 24.0 Å². The van der Waals surface area contributed by atoms with Crippen LogP contribution in [-0.4, -0.2) is 68.6 Å². The third-order valence-corrected chi connectivity index (χ3v) is 9.34. The molecule has 0 radical (unpaired) electrons. The average molecular weight is 784 g/mol. The maximum absolute atomic E-state index is 13.0. The van der Waals surface area contributed by atoms with Crippen molar-refractivity contribution in [3.63, 3.8) is 0 Å². The molecule has 3 aromatic carbocycles. The lowest BCUT2D eigenvalue weighted by Crippen LogP contribution is -2.44. The molecule has 0 aliphatic heterocycles. The van der Waals surface area contributed by atoms with Gasteiger partial charge < -0.3 is 31.1 Å². The Morgan fingerprint density at radius 3 is 2.26 bits per heavy atom. The summed E-state index contributed by atoms with van der Waals surface area (Å²) >= 11 is 7.19. The molecule has 1 fully saturated rings. The molecular formula is C35H33ClF3N9O5S. The number of carbonyl (C=O) groups excluding carboxylic acids is 3. The van der Waals surface area contributed by atoms with Crippen molar-refractivity contribution in [3.05, 3.63) is 82.9 Å². The minimum Gasteiger partial charge on any atom is -0.508 e. The van der Waals surface area contributed by atoms with Crippen LogP contribution >= 0.6 is 22.9 Å². The second kappa shape index (κ2) is 15.3. The number of alkyl halides is 3. The number of aromatic nitrogens is 4. The predicted octanol–water partition coefficient (Wildman–Crippen LogP) is 6.14. The highest BCUT2D eigenvalue weighted by molar-refractivity contribution is 7.22. The Hall–Kier alpha value is -5.75. The van der Waals surface area contributed by atoms with Gasteiger partial charge in [-0.15, -0.1) is 0 Å². The minimum atomic E-state index is -4.61. The van der Waals surface area contributed by atoms with Crippen molar-refractivity contribution in [2.45, 2.75) is 38.4 Å². The number of hydrogen-bond donors (Lipinski definition) is 6. The van der Waals surface area contributed by atoms with Crippen molar-refractivity contribution in [2.24, 2.45) is 5.41 Å². The van der Waals surface area contributed by atoms with Gasteiger partial charge in [0.25, 0.3) is 5.91 Å². The molecule has 6 N–H and O–H groups in total. The third-order valence-electron chi connectivity index (χ3n) is 8.13. The number of anilines is 4. The summed E-state index contributed by atoms with van der Waals surface area (Å²) in [5.41, 5.74) is 0.939. The SMILES string of the molecule is CC(C)(CNC(=O)C(=O)Nc1nc2cc(O)ccc2s1)CNC(=O)c1ccc(Nc2nc(NC3(c4ccc(Cl)cc4)CC3)nc(OCC(F)(F)F)n2)cc1. The van der Waals surface area contributed by atoms with Crippen molar-refractivity contribution < 1.29 is 37.4 Å². The normalized spacial score (nSPS) is 13.5. The molecule has 6 rings (SSSR count). The molecule has 1 aliphatic rings. The number of benzene rings is 3. The molecule has 0 atom stereocenters. The van der Waals surface area contributed by atoms with E-state index in [1.54, 1.807) is 44.2 Å². The van der Waals surface area contributed by atoms with Crippen LogP contribution in [0.25, 0.3) is 10.2 Å².